The second kappa shape index (κ2) is 9.99. The lowest BCUT2D eigenvalue weighted by molar-refractivity contribution is -0.112. The number of nitrogens with two attached hydrogens (primary N) is 2. The first-order chi connectivity index (χ1) is 16.8. The van der Waals surface area contributed by atoms with E-state index in [1.165, 1.54) is 53.4 Å². The summed E-state index contributed by atoms with van der Waals surface area (Å²) in [6, 6.07) is 6.26. The Morgan fingerprint density at radius 2 is 1.97 bits per heavy atom. The van der Waals surface area contributed by atoms with E-state index in [4.69, 9.17) is 20.6 Å². The monoisotopic (exact) mass is 484 g/mol. The minimum absolute atomic E-state index is 0.0362. The zero-order valence-corrected chi connectivity index (χ0v) is 18.6. The number of oxazole rings is 1. The Hall–Kier alpha value is -4.16. The SMILES string of the molecule is COCCn1cc(C2=C(c3ncco3)N(Cc3c(F)cccc3F)C(N)C(C(N)=O)=N2)ccc1=O. The first-order valence-electron chi connectivity index (χ1n) is 10.5. The van der Waals surface area contributed by atoms with Crippen LogP contribution < -0.4 is 17.0 Å². The van der Waals surface area contributed by atoms with Gasteiger partial charge in [0.15, 0.2) is 0 Å². The normalized spacial score (nSPS) is 15.9. The number of primary amides is 1. The predicted octanol–water partition coefficient (Wildman–Crippen LogP) is 1.31. The number of rotatable bonds is 8. The summed E-state index contributed by atoms with van der Waals surface area (Å²) in [5, 5.41) is 0. The van der Waals surface area contributed by atoms with Crippen molar-refractivity contribution in [3.63, 3.8) is 0 Å². The second-order valence-corrected chi connectivity index (χ2v) is 7.61. The molecule has 3 aromatic rings. The number of benzene rings is 1. The Bertz CT molecular complexity index is 1350. The average molecular weight is 484 g/mol. The van der Waals surface area contributed by atoms with E-state index >= 15 is 0 Å². The quantitative estimate of drug-likeness (QED) is 0.491. The maximum absolute atomic E-state index is 14.6. The van der Waals surface area contributed by atoms with Gasteiger partial charge in [-0.15, -0.1) is 0 Å². The fourth-order valence-electron chi connectivity index (χ4n) is 3.70. The highest BCUT2D eigenvalue weighted by Crippen LogP contribution is 2.35. The highest BCUT2D eigenvalue weighted by Gasteiger charge is 2.36. The molecule has 0 fully saturated rings. The summed E-state index contributed by atoms with van der Waals surface area (Å²) in [5.74, 6) is -2.49. The van der Waals surface area contributed by atoms with E-state index in [9.17, 15) is 18.4 Å². The second-order valence-electron chi connectivity index (χ2n) is 7.61. The van der Waals surface area contributed by atoms with Crippen LogP contribution in [0.15, 0.2) is 63.2 Å². The van der Waals surface area contributed by atoms with Gasteiger partial charge in [0.1, 0.15) is 41.2 Å². The topological polar surface area (TPSA) is 142 Å². The van der Waals surface area contributed by atoms with Crippen molar-refractivity contribution in [2.75, 3.05) is 13.7 Å². The zero-order chi connectivity index (χ0) is 25.1. The van der Waals surface area contributed by atoms with E-state index < -0.39 is 30.3 Å². The molecule has 182 valence electrons. The third kappa shape index (κ3) is 4.74. The van der Waals surface area contributed by atoms with Gasteiger partial charge in [0.2, 0.25) is 5.89 Å². The van der Waals surface area contributed by atoms with Gasteiger partial charge in [-0.05, 0) is 18.2 Å². The number of ether oxygens (including phenoxy) is 1. The van der Waals surface area contributed by atoms with Gasteiger partial charge in [0, 0.05) is 37.0 Å². The Kier molecular flexibility index (Phi) is 6.85. The number of pyridine rings is 1. The van der Waals surface area contributed by atoms with Crippen LogP contribution in [0.5, 0.6) is 0 Å². The number of methoxy groups -OCH3 is 1. The molecule has 0 aliphatic carbocycles. The summed E-state index contributed by atoms with van der Waals surface area (Å²) >= 11 is 0. The van der Waals surface area contributed by atoms with Crippen molar-refractivity contribution in [3.05, 3.63) is 88.0 Å². The molecule has 1 atom stereocenters. The molecule has 1 aliphatic heterocycles. The molecule has 2 aromatic heterocycles. The number of amides is 1. The standard InChI is InChI=1S/C23H22F2N6O4/c1-34-10-8-30-11-13(5-6-17(30)32)18-20(23-28-7-9-35-23)31(21(26)19(29-18)22(27)33)12-14-15(24)3-2-4-16(14)25/h2-7,9,11,21H,8,10,12,26H2,1H3,(H2,27,33). The summed E-state index contributed by atoms with van der Waals surface area (Å²) in [4.78, 5) is 34.4. The van der Waals surface area contributed by atoms with Crippen LogP contribution in [0.2, 0.25) is 0 Å². The van der Waals surface area contributed by atoms with Crippen LogP contribution in [0.1, 0.15) is 17.0 Å². The van der Waals surface area contributed by atoms with Gasteiger partial charge in [0.05, 0.1) is 19.3 Å². The van der Waals surface area contributed by atoms with Crippen molar-refractivity contribution < 1.29 is 22.7 Å². The molecule has 0 radical (unpaired) electrons. The number of nitrogens with zero attached hydrogens (tertiary/aromatic N) is 4. The molecule has 1 unspecified atom stereocenters. The Morgan fingerprint density at radius 1 is 1.23 bits per heavy atom. The number of carbonyl (C=O) groups is 1. The largest absolute Gasteiger partial charge is 0.443 e. The van der Waals surface area contributed by atoms with Crippen LogP contribution in [-0.2, 0) is 22.6 Å². The fraction of sp³-hybridized carbons (Fsp3) is 0.217. The third-order valence-electron chi connectivity index (χ3n) is 5.43. The molecule has 0 bridgehead atoms. The van der Waals surface area contributed by atoms with Gasteiger partial charge in [-0.3, -0.25) is 9.59 Å². The van der Waals surface area contributed by atoms with Crippen molar-refractivity contribution in [2.24, 2.45) is 16.5 Å². The van der Waals surface area contributed by atoms with E-state index in [0.717, 1.165) is 12.1 Å². The van der Waals surface area contributed by atoms with E-state index in [2.05, 4.69) is 9.98 Å². The van der Waals surface area contributed by atoms with Crippen molar-refractivity contribution in [1.82, 2.24) is 14.5 Å². The van der Waals surface area contributed by atoms with Crippen molar-refractivity contribution >= 4 is 23.0 Å². The van der Waals surface area contributed by atoms with E-state index in [0.29, 0.717) is 5.56 Å². The minimum Gasteiger partial charge on any atom is -0.443 e. The van der Waals surface area contributed by atoms with Gasteiger partial charge >= 0.3 is 0 Å². The first-order valence-corrected chi connectivity index (χ1v) is 10.5. The predicted molar refractivity (Wildman–Crippen MR) is 122 cm³/mol. The van der Waals surface area contributed by atoms with Gasteiger partial charge < -0.3 is 30.1 Å². The summed E-state index contributed by atoms with van der Waals surface area (Å²) < 4.78 is 41.1. The van der Waals surface area contributed by atoms with Crippen LogP contribution in [0.3, 0.4) is 0 Å². The van der Waals surface area contributed by atoms with Crippen molar-refractivity contribution in [3.8, 4) is 0 Å². The number of hydrogen-bond donors (Lipinski definition) is 2. The Labute approximate surface area is 198 Å². The van der Waals surface area contributed by atoms with E-state index in [1.807, 2.05) is 0 Å². The lowest BCUT2D eigenvalue weighted by Crippen LogP contribution is -2.53. The molecule has 3 heterocycles. The van der Waals surface area contributed by atoms with Crippen molar-refractivity contribution in [2.45, 2.75) is 19.3 Å². The third-order valence-corrected chi connectivity index (χ3v) is 5.43. The lowest BCUT2D eigenvalue weighted by Gasteiger charge is -2.36. The summed E-state index contributed by atoms with van der Waals surface area (Å²) in [7, 11) is 1.50. The molecule has 1 amide bonds. The molecule has 4 rings (SSSR count). The number of carbonyl (C=O) groups excluding carboxylic acids is 1. The number of aliphatic imine (C=N–C) groups is 1. The number of aromatic nitrogens is 2. The molecule has 0 spiro atoms. The lowest BCUT2D eigenvalue weighted by atomic mass is 10.0. The molecule has 10 nitrogen and oxygen atoms in total. The molecule has 0 saturated carbocycles. The molecule has 1 aliphatic rings. The summed E-state index contributed by atoms with van der Waals surface area (Å²) in [6.07, 6.45) is 2.93. The van der Waals surface area contributed by atoms with Crippen LogP contribution >= 0.6 is 0 Å². The Balaban J connectivity index is 1.95. The maximum Gasteiger partial charge on any atom is 0.266 e. The van der Waals surface area contributed by atoms with Crippen LogP contribution in [0, 0.1) is 11.6 Å². The van der Waals surface area contributed by atoms with Gasteiger partial charge in [-0.2, -0.15) is 0 Å². The Morgan fingerprint density at radius 3 is 2.60 bits per heavy atom. The highest BCUT2D eigenvalue weighted by molar-refractivity contribution is 6.41. The molecule has 35 heavy (non-hydrogen) atoms. The average Bonchev–Trinajstić information content (AvgIpc) is 3.36. The minimum atomic E-state index is -1.27. The van der Waals surface area contributed by atoms with Crippen LogP contribution in [0.25, 0.3) is 11.4 Å². The fourth-order valence-corrected chi connectivity index (χ4v) is 3.70. The zero-order valence-electron chi connectivity index (χ0n) is 18.6. The van der Waals surface area contributed by atoms with Gasteiger partial charge in [-0.25, -0.2) is 18.8 Å². The number of hydrogen-bond acceptors (Lipinski definition) is 8. The van der Waals surface area contributed by atoms with Crippen molar-refractivity contribution in [1.29, 1.82) is 0 Å². The van der Waals surface area contributed by atoms with Gasteiger partial charge in [-0.1, -0.05) is 6.07 Å². The maximum atomic E-state index is 14.6. The summed E-state index contributed by atoms with van der Waals surface area (Å²) in [6.45, 7) is 0.131. The molecule has 1 aromatic carbocycles. The molecule has 0 saturated heterocycles. The highest BCUT2D eigenvalue weighted by atomic mass is 19.1. The molecular weight excluding hydrogens is 462 g/mol. The number of halogens is 2. The molecule has 4 N–H and O–H groups in total. The van der Waals surface area contributed by atoms with Crippen LogP contribution in [-0.4, -0.2) is 46.0 Å². The smallest absolute Gasteiger partial charge is 0.266 e. The van der Waals surface area contributed by atoms with Gasteiger partial charge in [0.25, 0.3) is 11.5 Å². The van der Waals surface area contributed by atoms with Crippen LogP contribution in [0.4, 0.5) is 8.78 Å². The first kappa shape index (κ1) is 24.0. The summed E-state index contributed by atoms with van der Waals surface area (Å²) in [5.41, 5.74) is 11.7. The molecule has 12 heteroatoms. The van der Waals surface area contributed by atoms with E-state index in [-0.39, 0.29) is 47.3 Å². The molecular formula is C23H22F2N6O4. The van der Waals surface area contributed by atoms with E-state index in [1.54, 1.807) is 0 Å².